The van der Waals surface area contributed by atoms with Crippen molar-refractivity contribution in [3.8, 4) is 0 Å². The topological polar surface area (TPSA) is 109 Å². The molecule has 8 nitrogen and oxygen atoms in total. The fraction of sp³-hybridized carbons (Fsp3) is 0.455. The fourth-order valence-corrected chi connectivity index (χ4v) is 3.33. The third kappa shape index (κ3) is 3.31. The van der Waals surface area contributed by atoms with Crippen LogP contribution in [0.5, 0.6) is 0 Å². The molecule has 0 saturated carbocycles. The van der Waals surface area contributed by atoms with Gasteiger partial charge in [-0.15, -0.1) is 0 Å². The lowest BCUT2D eigenvalue weighted by atomic mass is 10.2. The highest BCUT2D eigenvalue weighted by molar-refractivity contribution is 7.90. The van der Waals surface area contributed by atoms with E-state index < -0.39 is 27.3 Å². The van der Waals surface area contributed by atoms with Gasteiger partial charge in [0.2, 0.25) is 10.0 Å². The van der Waals surface area contributed by atoms with Crippen molar-refractivity contribution in [3.63, 3.8) is 0 Å². The van der Waals surface area contributed by atoms with Crippen molar-refractivity contribution in [3.05, 3.63) is 30.1 Å². The second kappa shape index (κ2) is 6.27. The van der Waals surface area contributed by atoms with Crippen molar-refractivity contribution in [1.82, 2.24) is 20.6 Å². The Hall–Kier alpha value is -1.55. The summed E-state index contributed by atoms with van der Waals surface area (Å²) in [5, 5.41) is -1.06. The molecule has 0 bridgehead atoms. The number of hydrazine groups is 1. The number of esters is 1. The minimum Gasteiger partial charge on any atom is -0.469 e. The van der Waals surface area contributed by atoms with Crippen molar-refractivity contribution >= 4 is 16.0 Å². The summed E-state index contributed by atoms with van der Waals surface area (Å²) in [6, 6.07) is 3.42. The van der Waals surface area contributed by atoms with Gasteiger partial charge in [-0.3, -0.25) is 15.2 Å². The number of carbonyl (C=O) groups is 1. The van der Waals surface area contributed by atoms with Gasteiger partial charge in [-0.05, 0) is 17.7 Å². The molecule has 1 aromatic heterocycles. The summed E-state index contributed by atoms with van der Waals surface area (Å²) in [5.74, 6) is -1.35. The van der Waals surface area contributed by atoms with Gasteiger partial charge in [0.1, 0.15) is 5.92 Å². The Morgan fingerprint density at radius 2 is 2.20 bits per heavy atom. The molecule has 2 unspecified atom stereocenters. The summed E-state index contributed by atoms with van der Waals surface area (Å²) in [7, 11) is -2.48. The van der Waals surface area contributed by atoms with E-state index in [0.29, 0.717) is 0 Å². The predicted molar refractivity (Wildman–Crippen MR) is 70.4 cm³/mol. The van der Waals surface area contributed by atoms with Crippen LogP contribution in [0.3, 0.4) is 0 Å². The van der Waals surface area contributed by atoms with E-state index in [0.717, 1.165) is 5.56 Å². The monoisotopic (exact) mass is 300 g/mol. The molecule has 3 N–H and O–H groups in total. The van der Waals surface area contributed by atoms with Crippen LogP contribution in [-0.4, -0.2) is 38.4 Å². The summed E-state index contributed by atoms with van der Waals surface area (Å²) in [4.78, 5) is 15.4. The van der Waals surface area contributed by atoms with E-state index in [1.165, 1.54) is 7.11 Å². The van der Waals surface area contributed by atoms with E-state index in [1.807, 2.05) is 0 Å². The van der Waals surface area contributed by atoms with Crippen LogP contribution in [0.4, 0.5) is 0 Å². The maximum absolute atomic E-state index is 12.2. The standard InChI is InChI=1S/C11H16N4O4S/c1-19-11(16)9-7-13-15-10(9)20(17,18)14-6-8-2-4-12-5-3-8/h2-5,9-10,13-15H,6-7H2,1H3. The summed E-state index contributed by atoms with van der Waals surface area (Å²) in [6.07, 6.45) is 3.16. The summed E-state index contributed by atoms with van der Waals surface area (Å²) < 4.78 is 31.5. The largest absolute Gasteiger partial charge is 0.469 e. The number of hydrogen-bond donors (Lipinski definition) is 3. The molecule has 2 heterocycles. The zero-order valence-corrected chi connectivity index (χ0v) is 11.7. The third-order valence-electron chi connectivity index (χ3n) is 3.00. The second-order valence-corrected chi connectivity index (χ2v) is 6.18. The van der Waals surface area contributed by atoms with Gasteiger partial charge < -0.3 is 4.74 Å². The molecule has 2 rings (SSSR count). The van der Waals surface area contributed by atoms with Gasteiger partial charge >= 0.3 is 5.97 Å². The molecule has 0 amide bonds. The first-order chi connectivity index (χ1) is 9.54. The molecule has 1 aliphatic heterocycles. The maximum atomic E-state index is 12.2. The normalized spacial score (nSPS) is 22.6. The fourth-order valence-electron chi connectivity index (χ4n) is 1.90. The third-order valence-corrected chi connectivity index (χ3v) is 4.66. The predicted octanol–water partition coefficient (Wildman–Crippen LogP) is -1.28. The van der Waals surface area contributed by atoms with E-state index in [4.69, 9.17) is 0 Å². The molecular formula is C11H16N4O4S. The highest BCUT2D eigenvalue weighted by atomic mass is 32.2. The average Bonchev–Trinajstić information content (AvgIpc) is 2.96. The molecule has 20 heavy (non-hydrogen) atoms. The summed E-state index contributed by atoms with van der Waals surface area (Å²) in [5.41, 5.74) is 6.03. The van der Waals surface area contributed by atoms with Gasteiger partial charge in [0.25, 0.3) is 0 Å². The number of methoxy groups -OCH3 is 1. The van der Waals surface area contributed by atoms with Crippen LogP contribution in [0.2, 0.25) is 0 Å². The molecule has 1 fully saturated rings. The molecule has 9 heteroatoms. The number of carbonyl (C=O) groups excluding carboxylic acids is 1. The zero-order chi connectivity index (χ0) is 14.6. The quantitative estimate of drug-likeness (QED) is 0.581. The number of aromatic nitrogens is 1. The SMILES string of the molecule is COC(=O)C1CNNC1S(=O)(=O)NCc1ccncc1. The van der Waals surface area contributed by atoms with Crippen LogP contribution < -0.4 is 15.6 Å². The van der Waals surface area contributed by atoms with Gasteiger partial charge in [0.15, 0.2) is 5.37 Å². The smallest absolute Gasteiger partial charge is 0.312 e. The number of nitrogens with one attached hydrogen (secondary N) is 3. The van der Waals surface area contributed by atoms with E-state index in [1.54, 1.807) is 24.5 Å². The lowest BCUT2D eigenvalue weighted by molar-refractivity contribution is -0.144. The summed E-state index contributed by atoms with van der Waals surface area (Å²) >= 11 is 0. The van der Waals surface area contributed by atoms with Crippen molar-refractivity contribution in [2.45, 2.75) is 11.9 Å². The van der Waals surface area contributed by atoms with Gasteiger partial charge in [0, 0.05) is 25.5 Å². The lowest BCUT2D eigenvalue weighted by Gasteiger charge is -2.17. The average molecular weight is 300 g/mol. The summed E-state index contributed by atoms with van der Waals surface area (Å²) in [6.45, 7) is 0.338. The molecule has 110 valence electrons. The Labute approximate surface area is 116 Å². The number of rotatable bonds is 5. The number of hydrogen-bond acceptors (Lipinski definition) is 7. The van der Waals surface area contributed by atoms with E-state index in [9.17, 15) is 13.2 Å². The Morgan fingerprint density at radius 1 is 1.50 bits per heavy atom. The Morgan fingerprint density at radius 3 is 2.85 bits per heavy atom. The van der Waals surface area contributed by atoms with Gasteiger partial charge in [-0.25, -0.2) is 18.6 Å². The maximum Gasteiger partial charge on any atom is 0.312 e. The first kappa shape index (κ1) is 14.9. The van der Waals surface area contributed by atoms with Crippen molar-refractivity contribution in [2.24, 2.45) is 5.92 Å². The van der Waals surface area contributed by atoms with Crippen LogP contribution in [0.15, 0.2) is 24.5 Å². The molecule has 1 aromatic rings. The van der Waals surface area contributed by atoms with E-state index in [-0.39, 0.29) is 13.1 Å². The Kier molecular flexibility index (Phi) is 4.65. The van der Waals surface area contributed by atoms with Crippen molar-refractivity contribution < 1.29 is 17.9 Å². The first-order valence-electron chi connectivity index (χ1n) is 5.98. The Bertz CT molecular complexity index is 563. The zero-order valence-electron chi connectivity index (χ0n) is 10.9. The molecule has 1 saturated heterocycles. The van der Waals surface area contributed by atoms with Crippen molar-refractivity contribution in [2.75, 3.05) is 13.7 Å². The van der Waals surface area contributed by atoms with E-state index >= 15 is 0 Å². The Balaban J connectivity index is 2.04. The number of pyridine rings is 1. The minimum absolute atomic E-state index is 0.136. The number of sulfonamides is 1. The molecule has 1 aliphatic rings. The molecule has 0 aliphatic carbocycles. The molecular weight excluding hydrogens is 284 g/mol. The second-order valence-electron chi connectivity index (χ2n) is 4.30. The van der Waals surface area contributed by atoms with Crippen LogP contribution in [0.25, 0.3) is 0 Å². The van der Waals surface area contributed by atoms with Gasteiger partial charge in [-0.1, -0.05) is 0 Å². The van der Waals surface area contributed by atoms with Gasteiger partial charge in [0.05, 0.1) is 7.11 Å². The number of nitrogens with zero attached hydrogens (tertiary/aromatic N) is 1. The highest BCUT2D eigenvalue weighted by Crippen LogP contribution is 2.15. The highest BCUT2D eigenvalue weighted by Gasteiger charge is 2.42. The number of ether oxygens (including phenoxy) is 1. The van der Waals surface area contributed by atoms with Crippen LogP contribution in [0, 0.1) is 5.92 Å². The first-order valence-corrected chi connectivity index (χ1v) is 7.53. The van der Waals surface area contributed by atoms with Gasteiger partial charge in [-0.2, -0.15) is 0 Å². The minimum atomic E-state index is -3.71. The molecule has 0 aromatic carbocycles. The van der Waals surface area contributed by atoms with Crippen LogP contribution in [-0.2, 0) is 26.1 Å². The lowest BCUT2D eigenvalue weighted by Crippen LogP contribution is -2.46. The van der Waals surface area contributed by atoms with E-state index in [2.05, 4.69) is 25.3 Å². The molecule has 0 radical (unpaired) electrons. The van der Waals surface area contributed by atoms with Crippen molar-refractivity contribution in [1.29, 1.82) is 0 Å². The van der Waals surface area contributed by atoms with Crippen LogP contribution in [0.1, 0.15) is 5.56 Å². The molecule has 0 spiro atoms. The van der Waals surface area contributed by atoms with Crippen LogP contribution >= 0.6 is 0 Å². The molecule has 2 atom stereocenters.